The molecular weight excluding hydrogens is 442 g/mol. The van der Waals surface area contributed by atoms with Gasteiger partial charge in [-0.25, -0.2) is 0 Å². The molecule has 3 rings (SSSR count). The van der Waals surface area contributed by atoms with E-state index in [1.807, 2.05) is 0 Å². The monoisotopic (exact) mass is 471 g/mol. The van der Waals surface area contributed by atoms with Crippen LogP contribution in [0, 0.1) is 5.92 Å². The van der Waals surface area contributed by atoms with E-state index < -0.39 is 6.10 Å². The SMILES string of the molecule is COCCCN1CC[C@@H](CNC(=O)c2cc(N)c(Br)c3c2OCCCO3)C(O)C1. The Bertz CT molecular complexity index is 718. The van der Waals surface area contributed by atoms with Crippen molar-refractivity contribution < 1.29 is 24.1 Å². The predicted molar refractivity (Wildman–Crippen MR) is 114 cm³/mol. The second-order valence-electron chi connectivity index (χ2n) is 7.51. The highest BCUT2D eigenvalue weighted by Gasteiger charge is 2.29. The molecule has 0 bridgehead atoms. The number of carbonyl (C=O) groups excluding carboxylic acids is 1. The van der Waals surface area contributed by atoms with Crippen LogP contribution in [0.25, 0.3) is 0 Å². The number of hydrogen-bond donors (Lipinski definition) is 3. The molecule has 1 saturated heterocycles. The smallest absolute Gasteiger partial charge is 0.255 e. The minimum atomic E-state index is -0.474. The number of carbonyl (C=O) groups is 1. The number of halogens is 1. The number of amides is 1. The lowest BCUT2D eigenvalue weighted by atomic mass is 9.93. The van der Waals surface area contributed by atoms with Crippen molar-refractivity contribution in [1.82, 2.24) is 10.2 Å². The second-order valence-corrected chi connectivity index (χ2v) is 8.30. The first-order chi connectivity index (χ1) is 14.0. The number of piperidine rings is 1. The molecular formula is C20H30BrN3O5. The van der Waals surface area contributed by atoms with Crippen molar-refractivity contribution in [2.24, 2.45) is 5.92 Å². The van der Waals surface area contributed by atoms with Crippen LogP contribution in [-0.4, -0.2) is 75.1 Å². The summed E-state index contributed by atoms with van der Waals surface area (Å²) in [6, 6.07) is 1.60. The summed E-state index contributed by atoms with van der Waals surface area (Å²) in [7, 11) is 1.69. The van der Waals surface area contributed by atoms with Gasteiger partial charge in [-0.15, -0.1) is 0 Å². The second kappa shape index (κ2) is 10.5. The summed E-state index contributed by atoms with van der Waals surface area (Å²) in [6.45, 7) is 4.53. The molecule has 0 saturated carbocycles. The Kier molecular flexibility index (Phi) is 7.99. The molecule has 1 unspecified atom stereocenters. The zero-order chi connectivity index (χ0) is 20.8. The minimum Gasteiger partial charge on any atom is -0.489 e. The summed E-state index contributed by atoms with van der Waals surface area (Å²) in [4.78, 5) is 15.1. The highest BCUT2D eigenvalue weighted by atomic mass is 79.9. The van der Waals surface area contributed by atoms with E-state index in [4.69, 9.17) is 19.9 Å². The van der Waals surface area contributed by atoms with Gasteiger partial charge in [-0.05, 0) is 41.4 Å². The molecule has 8 nitrogen and oxygen atoms in total. The Morgan fingerprint density at radius 3 is 2.90 bits per heavy atom. The molecule has 2 heterocycles. The van der Waals surface area contributed by atoms with Gasteiger partial charge in [-0.3, -0.25) is 4.79 Å². The van der Waals surface area contributed by atoms with Crippen molar-refractivity contribution in [3.8, 4) is 11.5 Å². The van der Waals surface area contributed by atoms with Crippen LogP contribution in [0.15, 0.2) is 10.5 Å². The Morgan fingerprint density at radius 2 is 2.17 bits per heavy atom. The topological polar surface area (TPSA) is 106 Å². The van der Waals surface area contributed by atoms with E-state index in [1.165, 1.54) is 0 Å². The van der Waals surface area contributed by atoms with Crippen molar-refractivity contribution >= 4 is 27.5 Å². The van der Waals surface area contributed by atoms with Crippen LogP contribution in [-0.2, 0) is 4.74 Å². The van der Waals surface area contributed by atoms with Crippen molar-refractivity contribution in [2.45, 2.75) is 25.4 Å². The van der Waals surface area contributed by atoms with Gasteiger partial charge >= 0.3 is 0 Å². The van der Waals surface area contributed by atoms with Crippen LogP contribution in [0.4, 0.5) is 5.69 Å². The highest BCUT2D eigenvalue weighted by Crippen LogP contribution is 2.43. The fourth-order valence-corrected chi connectivity index (χ4v) is 4.13. The Balaban J connectivity index is 1.60. The third-order valence-electron chi connectivity index (χ3n) is 5.38. The Labute approximate surface area is 179 Å². The van der Waals surface area contributed by atoms with Gasteiger partial charge in [0.2, 0.25) is 0 Å². The lowest BCUT2D eigenvalue weighted by Gasteiger charge is -2.36. The summed E-state index contributed by atoms with van der Waals surface area (Å²) >= 11 is 3.41. The number of fused-ring (bicyclic) bond motifs is 1. The number of aliphatic hydroxyl groups is 1. The van der Waals surface area contributed by atoms with E-state index in [0.29, 0.717) is 53.5 Å². The van der Waals surface area contributed by atoms with Gasteiger partial charge in [-0.1, -0.05) is 0 Å². The summed E-state index contributed by atoms with van der Waals surface area (Å²) in [5, 5.41) is 13.4. The number of β-amino-alcohol motifs (C(OH)–C–C–N with tert-alkyl or cyclic N) is 1. The fraction of sp³-hybridized carbons (Fsp3) is 0.650. The first-order valence-corrected chi connectivity index (χ1v) is 10.9. The van der Waals surface area contributed by atoms with Crippen molar-refractivity contribution in [3.05, 3.63) is 16.1 Å². The van der Waals surface area contributed by atoms with Crippen LogP contribution < -0.4 is 20.5 Å². The number of rotatable bonds is 7. The maximum absolute atomic E-state index is 12.9. The van der Waals surface area contributed by atoms with Gasteiger partial charge in [0.25, 0.3) is 5.91 Å². The van der Waals surface area contributed by atoms with Crippen LogP contribution in [0.5, 0.6) is 11.5 Å². The zero-order valence-electron chi connectivity index (χ0n) is 16.8. The molecule has 0 aromatic heterocycles. The maximum Gasteiger partial charge on any atom is 0.255 e. The first kappa shape index (κ1) is 22.1. The van der Waals surface area contributed by atoms with Gasteiger partial charge in [0, 0.05) is 45.7 Å². The fourth-order valence-electron chi connectivity index (χ4n) is 3.72. The van der Waals surface area contributed by atoms with Gasteiger partial charge in [0.1, 0.15) is 0 Å². The van der Waals surface area contributed by atoms with Crippen LogP contribution >= 0.6 is 15.9 Å². The van der Waals surface area contributed by atoms with E-state index in [0.717, 1.165) is 39.0 Å². The number of nitrogens with one attached hydrogen (secondary N) is 1. The third kappa shape index (κ3) is 5.53. The van der Waals surface area contributed by atoms with E-state index in [9.17, 15) is 9.90 Å². The summed E-state index contributed by atoms with van der Waals surface area (Å²) < 4.78 is 17.2. The van der Waals surface area contributed by atoms with Crippen LogP contribution in [0.3, 0.4) is 0 Å². The lowest BCUT2D eigenvalue weighted by molar-refractivity contribution is 0.0192. The molecule has 4 N–H and O–H groups in total. The molecule has 0 spiro atoms. The third-order valence-corrected chi connectivity index (χ3v) is 6.20. The van der Waals surface area contributed by atoms with E-state index in [2.05, 4.69) is 26.1 Å². The Morgan fingerprint density at radius 1 is 1.41 bits per heavy atom. The number of likely N-dealkylation sites (tertiary alicyclic amines) is 1. The molecule has 1 fully saturated rings. The highest BCUT2D eigenvalue weighted by molar-refractivity contribution is 9.10. The summed E-state index contributed by atoms with van der Waals surface area (Å²) in [5.41, 5.74) is 6.82. The molecule has 29 heavy (non-hydrogen) atoms. The van der Waals surface area contributed by atoms with Crippen LogP contribution in [0.2, 0.25) is 0 Å². The number of benzene rings is 1. The zero-order valence-corrected chi connectivity index (χ0v) is 18.4. The maximum atomic E-state index is 12.9. The molecule has 0 aliphatic carbocycles. The minimum absolute atomic E-state index is 0.0150. The number of nitrogen functional groups attached to an aromatic ring is 1. The first-order valence-electron chi connectivity index (χ1n) is 10.1. The van der Waals surface area contributed by atoms with E-state index >= 15 is 0 Å². The van der Waals surface area contributed by atoms with E-state index in [-0.39, 0.29) is 11.8 Å². The van der Waals surface area contributed by atoms with Gasteiger partial charge < -0.3 is 35.3 Å². The van der Waals surface area contributed by atoms with Crippen molar-refractivity contribution in [1.29, 1.82) is 0 Å². The standard InChI is InChI=1S/C20H30BrN3O5/c1-27-7-2-5-24-6-4-13(16(25)12-24)11-23-20(26)14-10-15(22)17(21)19-18(14)28-8-3-9-29-19/h10,13,16,25H,2-9,11-12,22H2,1H3,(H,23,26)/t13-,16?/m0/s1. The molecule has 162 valence electrons. The Hall–Kier alpha value is -1.55. The average Bonchev–Trinajstić information content (AvgIpc) is 2.96. The molecule has 9 heteroatoms. The van der Waals surface area contributed by atoms with Crippen molar-refractivity contribution in [3.63, 3.8) is 0 Å². The molecule has 2 atom stereocenters. The molecule has 1 aromatic rings. The van der Waals surface area contributed by atoms with E-state index in [1.54, 1.807) is 13.2 Å². The normalized spacial score (nSPS) is 22.2. The number of aliphatic hydroxyl groups excluding tert-OH is 1. The lowest BCUT2D eigenvalue weighted by Crippen LogP contribution is -2.48. The molecule has 1 amide bonds. The largest absolute Gasteiger partial charge is 0.489 e. The molecule has 2 aliphatic rings. The van der Waals surface area contributed by atoms with Crippen LogP contribution in [0.1, 0.15) is 29.6 Å². The molecule has 2 aliphatic heterocycles. The number of methoxy groups -OCH3 is 1. The quantitative estimate of drug-likeness (QED) is 0.409. The number of anilines is 1. The van der Waals surface area contributed by atoms with Gasteiger partial charge in [0.15, 0.2) is 11.5 Å². The van der Waals surface area contributed by atoms with Crippen molar-refractivity contribution in [2.75, 3.05) is 58.8 Å². The molecule has 0 radical (unpaired) electrons. The summed E-state index contributed by atoms with van der Waals surface area (Å²) in [6.07, 6.45) is 2.03. The number of ether oxygens (including phenoxy) is 3. The number of nitrogens with zero attached hydrogens (tertiary/aromatic N) is 1. The molecule has 1 aromatic carbocycles. The average molecular weight is 472 g/mol. The number of nitrogens with two attached hydrogens (primary N) is 1. The van der Waals surface area contributed by atoms with Gasteiger partial charge in [0.05, 0.1) is 35.0 Å². The number of hydrogen-bond acceptors (Lipinski definition) is 7. The predicted octanol–water partition coefficient (Wildman–Crippen LogP) is 1.64. The summed E-state index contributed by atoms with van der Waals surface area (Å²) in [5.74, 6) is 0.619. The van der Waals surface area contributed by atoms with Gasteiger partial charge in [-0.2, -0.15) is 0 Å².